The number of hydrogen-bond donors (Lipinski definition) is 1. The lowest BCUT2D eigenvalue weighted by atomic mass is 10.3. The summed E-state index contributed by atoms with van der Waals surface area (Å²) < 4.78 is 1.45. The van der Waals surface area contributed by atoms with Gasteiger partial charge in [0.15, 0.2) is 5.65 Å². The fraction of sp³-hybridized carbons (Fsp3) is 0.500. The van der Waals surface area contributed by atoms with Gasteiger partial charge in [-0.3, -0.25) is 0 Å². The van der Waals surface area contributed by atoms with Crippen molar-refractivity contribution >= 4 is 29.0 Å². The molecule has 92 valence electrons. The number of H-pyrrole nitrogens is 1. The van der Waals surface area contributed by atoms with Crippen LogP contribution in [0.4, 0.5) is 0 Å². The standard InChI is InChI=1S/C10H13ClN4OS/c1-6(4-11)5-17-9-3-8-13-14-10(16)15(8)7(2)12-9/h3,6H,4-5H2,1-2H3,(H,14,16). The lowest BCUT2D eigenvalue weighted by Gasteiger charge is -2.07. The van der Waals surface area contributed by atoms with Crippen molar-refractivity contribution in [1.29, 1.82) is 0 Å². The summed E-state index contributed by atoms with van der Waals surface area (Å²) in [6, 6.07) is 1.80. The molecule has 1 atom stereocenters. The van der Waals surface area contributed by atoms with E-state index in [0.29, 0.717) is 23.3 Å². The topological polar surface area (TPSA) is 63.0 Å². The highest BCUT2D eigenvalue weighted by Gasteiger charge is 2.08. The van der Waals surface area contributed by atoms with Gasteiger partial charge in [0.25, 0.3) is 0 Å². The Morgan fingerprint density at radius 2 is 2.41 bits per heavy atom. The number of fused-ring (bicyclic) bond motifs is 1. The van der Waals surface area contributed by atoms with Gasteiger partial charge in [-0.2, -0.15) is 5.10 Å². The molecule has 0 bridgehead atoms. The molecule has 0 saturated heterocycles. The summed E-state index contributed by atoms with van der Waals surface area (Å²) in [5.74, 6) is 2.61. The van der Waals surface area contributed by atoms with E-state index in [1.54, 1.807) is 24.8 Å². The molecule has 5 nitrogen and oxygen atoms in total. The van der Waals surface area contributed by atoms with Gasteiger partial charge < -0.3 is 0 Å². The van der Waals surface area contributed by atoms with Crippen LogP contribution in [0.1, 0.15) is 12.7 Å². The van der Waals surface area contributed by atoms with Gasteiger partial charge in [0, 0.05) is 17.7 Å². The number of nitrogens with one attached hydrogen (secondary N) is 1. The van der Waals surface area contributed by atoms with Gasteiger partial charge in [0.2, 0.25) is 0 Å². The average molecular weight is 273 g/mol. The summed E-state index contributed by atoms with van der Waals surface area (Å²) >= 11 is 7.38. The Morgan fingerprint density at radius 1 is 1.65 bits per heavy atom. The molecule has 17 heavy (non-hydrogen) atoms. The zero-order chi connectivity index (χ0) is 12.4. The minimum atomic E-state index is -0.254. The van der Waals surface area contributed by atoms with Crippen molar-refractivity contribution in [3.05, 3.63) is 22.4 Å². The summed E-state index contributed by atoms with van der Waals surface area (Å²) in [4.78, 5) is 15.8. The predicted molar refractivity (Wildman–Crippen MR) is 69.0 cm³/mol. The number of halogens is 1. The van der Waals surface area contributed by atoms with Crippen LogP contribution in [0.5, 0.6) is 0 Å². The van der Waals surface area contributed by atoms with Gasteiger partial charge in [-0.1, -0.05) is 6.92 Å². The first-order valence-corrected chi connectivity index (χ1v) is 6.77. The van der Waals surface area contributed by atoms with Crippen LogP contribution < -0.4 is 5.69 Å². The molecule has 1 unspecified atom stereocenters. The molecular formula is C10H13ClN4OS. The molecule has 0 amide bonds. The van der Waals surface area contributed by atoms with Crippen LogP contribution in [0.25, 0.3) is 5.65 Å². The second-order valence-corrected chi connectivity index (χ2v) is 5.28. The Morgan fingerprint density at radius 3 is 3.12 bits per heavy atom. The van der Waals surface area contributed by atoms with E-state index < -0.39 is 0 Å². The largest absolute Gasteiger partial charge is 0.349 e. The number of hydrogen-bond acceptors (Lipinski definition) is 4. The maximum Gasteiger partial charge on any atom is 0.349 e. The molecule has 1 N–H and O–H groups in total. The van der Waals surface area contributed by atoms with Crippen molar-refractivity contribution in [2.45, 2.75) is 18.9 Å². The fourth-order valence-corrected chi connectivity index (χ4v) is 2.61. The maximum absolute atomic E-state index is 11.4. The maximum atomic E-state index is 11.4. The Hall–Kier alpha value is -1.01. The van der Waals surface area contributed by atoms with Crippen LogP contribution in [0.2, 0.25) is 0 Å². The Balaban J connectivity index is 2.28. The van der Waals surface area contributed by atoms with Gasteiger partial charge in [-0.15, -0.1) is 23.4 Å². The van der Waals surface area contributed by atoms with Crippen LogP contribution in [-0.2, 0) is 0 Å². The van der Waals surface area contributed by atoms with E-state index in [4.69, 9.17) is 11.6 Å². The predicted octanol–water partition coefficient (Wildman–Crippen LogP) is 1.69. The first-order chi connectivity index (χ1) is 8.11. The minimum absolute atomic E-state index is 0.254. The molecule has 2 aromatic heterocycles. The monoisotopic (exact) mass is 272 g/mol. The first kappa shape index (κ1) is 12.4. The first-order valence-electron chi connectivity index (χ1n) is 5.25. The third-order valence-electron chi connectivity index (χ3n) is 2.33. The van der Waals surface area contributed by atoms with E-state index in [9.17, 15) is 4.79 Å². The number of aryl methyl sites for hydroxylation is 1. The van der Waals surface area contributed by atoms with Crippen LogP contribution in [0.3, 0.4) is 0 Å². The summed E-state index contributed by atoms with van der Waals surface area (Å²) in [7, 11) is 0. The van der Waals surface area contributed by atoms with E-state index in [0.717, 1.165) is 10.8 Å². The van der Waals surface area contributed by atoms with Crippen molar-refractivity contribution in [2.75, 3.05) is 11.6 Å². The van der Waals surface area contributed by atoms with Crippen LogP contribution >= 0.6 is 23.4 Å². The zero-order valence-electron chi connectivity index (χ0n) is 9.61. The van der Waals surface area contributed by atoms with E-state index in [-0.39, 0.29) is 5.69 Å². The minimum Gasteiger partial charge on any atom is -0.246 e. The van der Waals surface area contributed by atoms with Gasteiger partial charge in [0.1, 0.15) is 10.9 Å². The molecule has 0 aliphatic carbocycles. The Labute approximate surface area is 108 Å². The molecule has 7 heteroatoms. The van der Waals surface area contributed by atoms with Crippen molar-refractivity contribution in [1.82, 2.24) is 19.6 Å². The highest BCUT2D eigenvalue weighted by atomic mass is 35.5. The van der Waals surface area contributed by atoms with Gasteiger partial charge in [-0.25, -0.2) is 19.3 Å². The molecule has 2 rings (SSSR count). The molecule has 0 fully saturated rings. The highest BCUT2D eigenvalue weighted by molar-refractivity contribution is 7.99. The number of alkyl halides is 1. The van der Waals surface area contributed by atoms with Gasteiger partial charge in [-0.05, 0) is 12.8 Å². The summed E-state index contributed by atoms with van der Waals surface area (Å²) in [5, 5.41) is 7.21. The van der Waals surface area contributed by atoms with Crippen LogP contribution in [-0.4, -0.2) is 31.2 Å². The van der Waals surface area contributed by atoms with Gasteiger partial charge >= 0.3 is 5.69 Å². The van der Waals surface area contributed by atoms with E-state index >= 15 is 0 Å². The molecule has 0 aromatic carbocycles. The van der Waals surface area contributed by atoms with E-state index in [1.165, 1.54) is 4.40 Å². The lowest BCUT2D eigenvalue weighted by Crippen LogP contribution is -2.13. The van der Waals surface area contributed by atoms with E-state index in [2.05, 4.69) is 22.1 Å². The number of aromatic amines is 1. The molecule has 0 spiro atoms. The highest BCUT2D eigenvalue weighted by Crippen LogP contribution is 2.20. The van der Waals surface area contributed by atoms with Gasteiger partial charge in [0.05, 0.1) is 0 Å². The van der Waals surface area contributed by atoms with Crippen molar-refractivity contribution in [3.63, 3.8) is 0 Å². The third kappa shape index (κ3) is 2.63. The molecule has 0 saturated carbocycles. The Kier molecular flexibility index (Phi) is 3.73. The summed E-state index contributed by atoms with van der Waals surface area (Å²) in [6.45, 7) is 3.88. The second-order valence-electron chi connectivity index (χ2n) is 3.93. The van der Waals surface area contributed by atoms with Crippen molar-refractivity contribution in [3.8, 4) is 0 Å². The fourth-order valence-electron chi connectivity index (χ4n) is 1.42. The number of thioether (sulfide) groups is 1. The quantitative estimate of drug-likeness (QED) is 0.523. The molecule has 2 aromatic rings. The van der Waals surface area contributed by atoms with Crippen LogP contribution in [0, 0.1) is 12.8 Å². The molecular weight excluding hydrogens is 260 g/mol. The zero-order valence-corrected chi connectivity index (χ0v) is 11.2. The molecule has 2 heterocycles. The van der Waals surface area contributed by atoms with E-state index in [1.807, 2.05) is 0 Å². The molecule has 0 aliphatic rings. The number of aromatic nitrogens is 4. The van der Waals surface area contributed by atoms with Crippen molar-refractivity contribution in [2.24, 2.45) is 5.92 Å². The van der Waals surface area contributed by atoms with Crippen LogP contribution in [0.15, 0.2) is 15.9 Å². The smallest absolute Gasteiger partial charge is 0.246 e. The average Bonchev–Trinajstić information content (AvgIpc) is 2.68. The SMILES string of the molecule is Cc1nc(SCC(C)CCl)cc2n[nH]c(=O)n12. The second kappa shape index (κ2) is 5.10. The third-order valence-corrected chi connectivity index (χ3v) is 4.09. The number of nitrogens with zero attached hydrogens (tertiary/aromatic N) is 3. The summed E-state index contributed by atoms with van der Waals surface area (Å²) in [6.07, 6.45) is 0. The number of rotatable bonds is 4. The molecule has 0 radical (unpaired) electrons. The normalized spacial score (nSPS) is 13.1. The molecule has 0 aliphatic heterocycles. The van der Waals surface area contributed by atoms with Crippen molar-refractivity contribution < 1.29 is 0 Å². The Bertz CT molecular complexity index is 579. The lowest BCUT2D eigenvalue weighted by molar-refractivity contribution is 0.757. The summed E-state index contributed by atoms with van der Waals surface area (Å²) in [5.41, 5.74) is 0.346.